The van der Waals surface area contributed by atoms with E-state index in [2.05, 4.69) is 4.99 Å². The summed E-state index contributed by atoms with van der Waals surface area (Å²) >= 11 is 0. The van der Waals surface area contributed by atoms with Crippen LogP contribution < -0.4 is 11.5 Å². The van der Waals surface area contributed by atoms with Crippen LogP contribution in [0.4, 0.5) is 0 Å². The molecule has 0 aliphatic carbocycles. The molecule has 0 amide bonds. The predicted octanol–water partition coefficient (Wildman–Crippen LogP) is 0.500. The molecule has 0 heterocycles. The van der Waals surface area contributed by atoms with Crippen molar-refractivity contribution in [2.24, 2.45) is 16.5 Å². The summed E-state index contributed by atoms with van der Waals surface area (Å²) in [6.45, 7) is 5.49. The van der Waals surface area contributed by atoms with Crippen molar-refractivity contribution in [3.05, 3.63) is 11.6 Å². The lowest BCUT2D eigenvalue weighted by Gasteiger charge is -2.09. The van der Waals surface area contributed by atoms with Crippen LogP contribution in [0.2, 0.25) is 0 Å². The fraction of sp³-hybridized carbons (Fsp3) is 0.600. The van der Waals surface area contributed by atoms with E-state index in [9.17, 15) is 4.79 Å². The molecule has 5 heteroatoms. The minimum atomic E-state index is -0.995. The highest BCUT2D eigenvalue weighted by atomic mass is 16.4. The number of carboxylic acid groups (broad SMARTS) is 1. The number of hydrogen-bond donors (Lipinski definition) is 3. The van der Waals surface area contributed by atoms with Gasteiger partial charge in [0.2, 0.25) is 0 Å². The predicted molar refractivity (Wildman–Crippen MR) is 60.7 cm³/mol. The summed E-state index contributed by atoms with van der Waals surface area (Å²) in [7, 11) is 0. The summed E-state index contributed by atoms with van der Waals surface area (Å²) in [5, 5.41) is 8.58. The van der Waals surface area contributed by atoms with Gasteiger partial charge in [-0.15, -0.1) is 0 Å². The molecule has 0 aromatic heterocycles. The molecule has 0 bridgehead atoms. The summed E-state index contributed by atoms with van der Waals surface area (Å²) in [5.74, 6) is -0.483. The van der Waals surface area contributed by atoms with E-state index in [0.717, 1.165) is 5.57 Å². The molecule has 1 unspecified atom stereocenters. The first-order valence-electron chi connectivity index (χ1n) is 4.79. The van der Waals surface area contributed by atoms with Gasteiger partial charge in [0.25, 0.3) is 0 Å². The lowest BCUT2D eigenvalue weighted by atomic mass is 10.1. The number of aliphatic imine (C=N–C) groups is 1. The Kier molecular flexibility index (Phi) is 5.62. The van der Waals surface area contributed by atoms with Crippen molar-refractivity contribution in [3.8, 4) is 0 Å². The van der Waals surface area contributed by atoms with Crippen molar-refractivity contribution >= 4 is 11.8 Å². The minimum Gasteiger partial charge on any atom is -0.480 e. The molecule has 5 nitrogen and oxygen atoms in total. The van der Waals surface area contributed by atoms with Gasteiger partial charge in [-0.2, -0.15) is 0 Å². The second-order valence-electron chi connectivity index (χ2n) is 3.58. The van der Waals surface area contributed by atoms with Gasteiger partial charge in [-0.25, -0.2) is 0 Å². The van der Waals surface area contributed by atoms with Crippen LogP contribution in [-0.2, 0) is 4.79 Å². The van der Waals surface area contributed by atoms with E-state index >= 15 is 0 Å². The summed E-state index contributed by atoms with van der Waals surface area (Å²) < 4.78 is 0. The van der Waals surface area contributed by atoms with Crippen LogP contribution in [0.1, 0.15) is 27.2 Å². The monoisotopic (exact) mass is 213 g/mol. The molecule has 2 atom stereocenters. The highest BCUT2D eigenvalue weighted by molar-refractivity contribution is 5.77. The first kappa shape index (κ1) is 13.6. The molecule has 0 aliphatic heterocycles. The van der Waals surface area contributed by atoms with Crippen LogP contribution >= 0.6 is 0 Å². The lowest BCUT2D eigenvalue weighted by molar-refractivity contribution is -0.138. The molecule has 0 rings (SSSR count). The molecule has 0 radical (unpaired) electrons. The number of rotatable bonds is 5. The van der Waals surface area contributed by atoms with Gasteiger partial charge in [0, 0.05) is 0 Å². The second-order valence-corrected chi connectivity index (χ2v) is 3.58. The third kappa shape index (κ3) is 5.85. The highest BCUT2D eigenvalue weighted by Crippen LogP contribution is 2.07. The topological polar surface area (TPSA) is 102 Å². The molecular weight excluding hydrogens is 194 g/mol. The van der Waals surface area contributed by atoms with Crippen molar-refractivity contribution in [2.45, 2.75) is 39.3 Å². The zero-order chi connectivity index (χ0) is 12.0. The van der Waals surface area contributed by atoms with E-state index in [1.54, 1.807) is 13.0 Å². The molecule has 0 aliphatic rings. The smallest absolute Gasteiger partial charge is 0.320 e. The van der Waals surface area contributed by atoms with Crippen molar-refractivity contribution in [1.82, 2.24) is 0 Å². The maximum Gasteiger partial charge on any atom is 0.320 e. The van der Waals surface area contributed by atoms with Crippen LogP contribution in [0, 0.1) is 0 Å². The van der Waals surface area contributed by atoms with Crippen molar-refractivity contribution in [1.29, 1.82) is 0 Å². The molecule has 15 heavy (non-hydrogen) atoms. The summed E-state index contributed by atoms with van der Waals surface area (Å²) in [6, 6.07) is -0.883. The molecule has 0 aromatic rings. The first-order chi connectivity index (χ1) is 6.84. The van der Waals surface area contributed by atoms with Gasteiger partial charge in [0.1, 0.15) is 6.04 Å². The molecule has 86 valence electrons. The van der Waals surface area contributed by atoms with Gasteiger partial charge in [-0.05, 0) is 27.2 Å². The average Bonchev–Trinajstić information content (AvgIpc) is 2.12. The Morgan fingerprint density at radius 2 is 2.07 bits per heavy atom. The summed E-state index contributed by atoms with van der Waals surface area (Å²) in [4.78, 5) is 14.6. The maximum atomic E-state index is 10.5. The maximum absolute atomic E-state index is 10.5. The van der Waals surface area contributed by atoms with Crippen molar-refractivity contribution in [2.75, 3.05) is 0 Å². The Labute approximate surface area is 89.9 Å². The van der Waals surface area contributed by atoms with Crippen LogP contribution in [0.15, 0.2) is 16.6 Å². The van der Waals surface area contributed by atoms with Crippen LogP contribution in [0.5, 0.6) is 0 Å². The number of carbonyl (C=O) groups is 1. The number of carboxylic acids is 1. The highest BCUT2D eigenvalue weighted by Gasteiger charge is 2.10. The minimum absolute atomic E-state index is 0.0315. The number of nitrogens with two attached hydrogens (primary N) is 2. The quantitative estimate of drug-likeness (QED) is 0.351. The van der Waals surface area contributed by atoms with Crippen molar-refractivity contribution in [3.63, 3.8) is 0 Å². The molecule has 0 saturated carbocycles. The Morgan fingerprint density at radius 3 is 2.47 bits per heavy atom. The molecular formula is C10H19N3O2. The Balaban J connectivity index is 4.32. The largest absolute Gasteiger partial charge is 0.480 e. The SMILES string of the molecule is CC(=CC[C@H](N)C(=O)O)C(C)N=C(C)N. The molecule has 0 aromatic carbocycles. The van der Waals surface area contributed by atoms with Gasteiger partial charge >= 0.3 is 5.97 Å². The van der Waals surface area contributed by atoms with E-state index in [0.29, 0.717) is 12.3 Å². The van der Waals surface area contributed by atoms with E-state index in [1.165, 1.54) is 0 Å². The Morgan fingerprint density at radius 1 is 1.53 bits per heavy atom. The fourth-order valence-electron chi connectivity index (χ4n) is 0.992. The number of amidine groups is 1. The average molecular weight is 213 g/mol. The second kappa shape index (κ2) is 6.19. The number of hydrogen-bond acceptors (Lipinski definition) is 3. The van der Waals surface area contributed by atoms with Crippen LogP contribution in [-0.4, -0.2) is 29.0 Å². The van der Waals surface area contributed by atoms with Crippen LogP contribution in [0.25, 0.3) is 0 Å². The number of aliphatic carboxylic acids is 1. The zero-order valence-corrected chi connectivity index (χ0v) is 9.40. The van der Waals surface area contributed by atoms with Crippen LogP contribution in [0.3, 0.4) is 0 Å². The standard InChI is InChI=1S/C10H19N3O2/c1-6(7(2)13-8(3)11)4-5-9(12)10(14)15/h4,7,9H,5,12H2,1-3H3,(H2,11,13)(H,14,15)/t7?,9-/m0/s1. The van der Waals surface area contributed by atoms with E-state index in [-0.39, 0.29) is 6.04 Å². The third-order valence-corrected chi connectivity index (χ3v) is 2.07. The van der Waals surface area contributed by atoms with Crippen molar-refractivity contribution < 1.29 is 9.90 Å². The molecule has 0 fully saturated rings. The van der Waals surface area contributed by atoms with Gasteiger partial charge < -0.3 is 16.6 Å². The summed E-state index contributed by atoms with van der Waals surface area (Å²) in [5.41, 5.74) is 11.8. The van der Waals surface area contributed by atoms with Gasteiger partial charge in [0.15, 0.2) is 0 Å². The lowest BCUT2D eigenvalue weighted by Crippen LogP contribution is -2.29. The Hall–Kier alpha value is -1.36. The van der Waals surface area contributed by atoms with Gasteiger partial charge in [0.05, 0.1) is 11.9 Å². The normalized spacial score (nSPS) is 17.3. The summed E-state index contributed by atoms with van der Waals surface area (Å²) in [6.07, 6.45) is 2.10. The molecule has 0 saturated heterocycles. The Bertz CT molecular complexity index is 280. The fourth-order valence-corrected chi connectivity index (χ4v) is 0.992. The molecule has 0 spiro atoms. The van der Waals surface area contributed by atoms with E-state index < -0.39 is 12.0 Å². The number of nitrogens with zero attached hydrogens (tertiary/aromatic N) is 1. The third-order valence-electron chi connectivity index (χ3n) is 2.07. The van der Waals surface area contributed by atoms with Gasteiger partial charge in [-0.3, -0.25) is 9.79 Å². The molecule has 5 N–H and O–H groups in total. The van der Waals surface area contributed by atoms with E-state index in [1.807, 2.05) is 13.8 Å². The first-order valence-corrected chi connectivity index (χ1v) is 4.79. The zero-order valence-electron chi connectivity index (χ0n) is 9.40. The van der Waals surface area contributed by atoms with E-state index in [4.69, 9.17) is 16.6 Å². The van der Waals surface area contributed by atoms with Gasteiger partial charge in [-0.1, -0.05) is 11.6 Å².